The molecule has 1 saturated heterocycles. The van der Waals surface area contributed by atoms with Crippen molar-refractivity contribution >= 4 is 29.4 Å². The molecule has 1 aliphatic heterocycles. The van der Waals surface area contributed by atoms with E-state index in [0.717, 1.165) is 36.6 Å². The second kappa shape index (κ2) is 7.20. The summed E-state index contributed by atoms with van der Waals surface area (Å²) in [5.74, 6) is 1.05. The quantitative estimate of drug-likeness (QED) is 0.799. The molecule has 104 valence electrons. The summed E-state index contributed by atoms with van der Waals surface area (Å²) in [7, 11) is 0. The first-order valence-electron chi connectivity index (χ1n) is 6.66. The number of nitrogens with zero attached hydrogens (tertiary/aromatic N) is 2. The largest absolute Gasteiger partial charge is 0.337 e. The Morgan fingerprint density at radius 1 is 1.47 bits per heavy atom. The summed E-state index contributed by atoms with van der Waals surface area (Å²) >= 11 is 3.59. The second-order valence-corrected chi connectivity index (χ2v) is 6.95. The fourth-order valence-electron chi connectivity index (χ4n) is 2.27. The van der Waals surface area contributed by atoms with Crippen LogP contribution in [0.5, 0.6) is 0 Å². The van der Waals surface area contributed by atoms with Crippen molar-refractivity contribution in [1.29, 1.82) is 0 Å². The molecule has 19 heavy (non-hydrogen) atoms. The van der Waals surface area contributed by atoms with Crippen LogP contribution in [-0.4, -0.2) is 46.1 Å². The van der Waals surface area contributed by atoms with E-state index in [1.807, 2.05) is 28.8 Å². The molecule has 0 bridgehead atoms. The molecule has 3 nitrogen and oxygen atoms in total. The van der Waals surface area contributed by atoms with Gasteiger partial charge in [-0.3, -0.25) is 4.79 Å². The van der Waals surface area contributed by atoms with Gasteiger partial charge < -0.3 is 4.90 Å². The van der Waals surface area contributed by atoms with Crippen LogP contribution in [0.1, 0.15) is 30.3 Å². The van der Waals surface area contributed by atoms with Crippen molar-refractivity contribution in [3.8, 4) is 0 Å². The topological polar surface area (TPSA) is 33.2 Å². The lowest BCUT2D eigenvalue weighted by molar-refractivity contribution is 0.0717. The molecule has 0 atom stereocenters. The molecule has 0 aromatic carbocycles. The fourth-order valence-corrected chi connectivity index (χ4v) is 3.71. The van der Waals surface area contributed by atoms with Gasteiger partial charge in [-0.25, -0.2) is 4.98 Å². The van der Waals surface area contributed by atoms with Crippen LogP contribution in [-0.2, 0) is 0 Å². The standard InChI is InChI=1S/C14H20N2OS2/c1-3-19-12-5-4-8-15-13(12)14(17)16-9-6-11(18-2)7-10-16/h4-5,8,11H,3,6-7,9-10H2,1-2H3. The van der Waals surface area contributed by atoms with Gasteiger partial charge in [0.05, 0.1) is 0 Å². The van der Waals surface area contributed by atoms with E-state index in [0.29, 0.717) is 10.9 Å². The number of amides is 1. The highest BCUT2D eigenvalue weighted by Crippen LogP contribution is 2.25. The zero-order chi connectivity index (χ0) is 13.7. The molecule has 0 saturated carbocycles. The Labute approximate surface area is 123 Å². The first-order chi connectivity index (χ1) is 9.26. The third-order valence-electron chi connectivity index (χ3n) is 3.34. The SMILES string of the molecule is CCSc1cccnc1C(=O)N1CCC(SC)CC1. The molecule has 5 heteroatoms. The number of pyridine rings is 1. The van der Waals surface area contributed by atoms with Gasteiger partial charge in [-0.15, -0.1) is 11.8 Å². The van der Waals surface area contributed by atoms with Crippen molar-refractivity contribution < 1.29 is 4.79 Å². The minimum atomic E-state index is 0.0936. The van der Waals surface area contributed by atoms with Crippen LogP contribution in [0.15, 0.2) is 23.2 Å². The third kappa shape index (κ3) is 3.66. The van der Waals surface area contributed by atoms with E-state index in [4.69, 9.17) is 0 Å². The Bertz CT molecular complexity index is 431. The molecule has 0 radical (unpaired) electrons. The van der Waals surface area contributed by atoms with Gasteiger partial charge in [0, 0.05) is 29.4 Å². The molecule has 1 aromatic rings. The van der Waals surface area contributed by atoms with Gasteiger partial charge >= 0.3 is 0 Å². The third-order valence-corrected chi connectivity index (χ3v) is 5.40. The zero-order valence-electron chi connectivity index (χ0n) is 11.5. The number of hydrogen-bond acceptors (Lipinski definition) is 4. The van der Waals surface area contributed by atoms with Crippen LogP contribution < -0.4 is 0 Å². The van der Waals surface area contributed by atoms with Crippen LogP contribution in [0.25, 0.3) is 0 Å². The van der Waals surface area contributed by atoms with E-state index < -0.39 is 0 Å². The summed E-state index contributed by atoms with van der Waals surface area (Å²) in [4.78, 5) is 19.8. The molecule has 1 amide bonds. The molecular formula is C14H20N2OS2. The Hall–Kier alpha value is -0.680. The molecule has 0 unspecified atom stereocenters. The van der Waals surface area contributed by atoms with Gasteiger partial charge in [0.25, 0.3) is 5.91 Å². The van der Waals surface area contributed by atoms with E-state index in [2.05, 4.69) is 18.2 Å². The lowest BCUT2D eigenvalue weighted by Gasteiger charge is -2.31. The van der Waals surface area contributed by atoms with E-state index in [-0.39, 0.29) is 5.91 Å². The Balaban J connectivity index is 2.07. The molecular weight excluding hydrogens is 276 g/mol. The summed E-state index contributed by atoms with van der Waals surface area (Å²) in [6.45, 7) is 3.81. The van der Waals surface area contributed by atoms with Crippen LogP contribution >= 0.6 is 23.5 Å². The van der Waals surface area contributed by atoms with Crippen molar-refractivity contribution in [3.05, 3.63) is 24.0 Å². The minimum absolute atomic E-state index is 0.0936. The molecule has 1 fully saturated rings. The maximum atomic E-state index is 12.5. The van der Waals surface area contributed by atoms with Gasteiger partial charge in [0.2, 0.25) is 0 Å². The maximum Gasteiger partial charge on any atom is 0.273 e. The van der Waals surface area contributed by atoms with Crippen molar-refractivity contribution in [1.82, 2.24) is 9.88 Å². The Morgan fingerprint density at radius 2 is 2.21 bits per heavy atom. The summed E-state index contributed by atoms with van der Waals surface area (Å²) < 4.78 is 0. The predicted molar refractivity (Wildman–Crippen MR) is 83.1 cm³/mol. The second-order valence-electron chi connectivity index (χ2n) is 4.51. The average Bonchev–Trinajstić information content (AvgIpc) is 2.47. The van der Waals surface area contributed by atoms with Crippen LogP contribution in [0.2, 0.25) is 0 Å². The van der Waals surface area contributed by atoms with E-state index in [1.54, 1.807) is 18.0 Å². The van der Waals surface area contributed by atoms with Gasteiger partial charge in [0.15, 0.2) is 0 Å². The molecule has 2 rings (SSSR count). The average molecular weight is 296 g/mol. The number of hydrogen-bond donors (Lipinski definition) is 0. The maximum absolute atomic E-state index is 12.5. The van der Waals surface area contributed by atoms with Crippen LogP contribution in [0.3, 0.4) is 0 Å². The summed E-state index contributed by atoms with van der Waals surface area (Å²) in [6, 6.07) is 3.89. The summed E-state index contributed by atoms with van der Waals surface area (Å²) in [5.41, 5.74) is 0.622. The number of likely N-dealkylation sites (tertiary alicyclic amines) is 1. The van der Waals surface area contributed by atoms with Crippen LogP contribution in [0.4, 0.5) is 0 Å². The predicted octanol–water partition coefficient (Wildman–Crippen LogP) is 3.16. The molecule has 1 aromatic heterocycles. The van der Waals surface area contributed by atoms with Gasteiger partial charge in [-0.05, 0) is 37.0 Å². The molecule has 0 aliphatic carbocycles. The first-order valence-corrected chi connectivity index (χ1v) is 8.93. The first kappa shape index (κ1) is 14.7. The molecule has 1 aliphatic rings. The highest BCUT2D eigenvalue weighted by molar-refractivity contribution is 7.99. The van der Waals surface area contributed by atoms with Crippen molar-refractivity contribution in [2.75, 3.05) is 25.1 Å². The highest BCUT2D eigenvalue weighted by Gasteiger charge is 2.25. The lowest BCUT2D eigenvalue weighted by Crippen LogP contribution is -2.39. The Morgan fingerprint density at radius 3 is 2.84 bits per heavy atom. The zero-order valence-corrected chi connectivity index (χ0v) is 13.1. The smallest absolute Gasteiger partial charge is 0.273 e. The summed E-state index contributed by atoms with van der Waals surface area (Å²) in [6.07, 6.45) is 6.05. The number of aromatic nitrogens is 1. The van der Waals surface area contributed by atoms with Crippen LogP contribution in [0, 0.1) is 0 Å². The normalized spacial score (nSPS) is 16.6. The molecule has 2 heterocycles. The molecule has 0 spiro atoms. The molecule has 0 N–H and O–H groups in total. The number of piperidine rings is 1. The van der Waals surface area contributed by atoms with E-state index >= 15 is 0 Å². The van der Waals surface area contributed by atoms with Gasteiger partial charge in [0.1, 0.15) is 5.69 Å². The van der Waals surface area contributed by atoms with Crippen molar-refractivity contribution in [3.63, 3.8) is 0 Å². The number of rotatable bonds is 4. The van der Waals surface area contributed by atoms with E-state index in [9.17, 15) is 4.79 Å². The number of carbonyl (C=O) groups is 1. The number of thioether (sulfide) groups is 2. The van der Waals surface area contributed by atoms with Gasteiger partial charge in [-0.1, -0.05) is 6.92 Å². The highest BCUT2D eigenvalue weighted by atomic mass is 32.2. The van der Waals surface area contributed by atoms with Crippen molar-refractivity contribution in [2.45, 2.75) is 29.9 Å². The number of carbonyl (C=O) groups excluding carboxylic acids is 1. The van der Waals surface area contributed by atoms with Crippen molar-refractivity contribution in [2.24, 2.45) is 0 Å². The Kier molecular flexibility index (Phi) is 5.58. The van der Waals surface area contributed by atoms with Gasteiger partial charge in [-0.2, -0.15) is 11.8 Å². The lowest BCUT2D eigenvalue weighted by atomic mass is 10.1. The minimum Gasteiger partial charge on any atom is -0.337 e. The van der Waals surface area contributed by atoms with E-state index in [1.165, 1.54) is 0 Å². The summed E-state index contributed by atoms with van der Waals surface area (Å²) in [5, 5.41) is 0.706. The monoisotopic (exact) mass is 296 g/mol. The fraction of sp³-hybridized carbons (Fsp3) is 0.571.